The second-order valence-corrected chi connectivity index (χ2v) is 5.73. The van der Waals surface area contributed by atoms with Gasteiger partial charge in [-0.25, -0.2) is 4.79 Å². The van der Waals surface area contributed by atoms with Crippen LogP contribution in [0.3, 0.4) is 0 Å². The number of carbonyl (C=O) groups is 1. The van der Waals surface area contributed by atoms with Gasteiger partial charge in [-0.05, 0) is 26.8 Å². The van der Waals surface area contributed by atoms with Crippen LogP contribution in [0.4, 0.5) is 5.69 Å². The fourth-order valence-corrected chi connectivity index (χ4v) is 1.87. The molecule has 112 valence electrons. The number of esters is 1. The third-order valence-electron chi connectivity index (χ3n) is 3.04. The predicted molar refractivity (Wildman–Crippen MR) is 79.8 cm³/mol. The van der Waals surface area contributed by atoms with Crippen molar-refractivity contribution in [1.82, 2.24) is 14.8 Å². The number of nitrogens with one attached hydrogen (secondary N) is 1. The number of methoxy groups -OCH3 is 1. The number of rotatable bonds is 4. The van der Waals surface area contributed by atoms with Gasteiger partial charge in [0.2, 0.25) is 0 Å². The number of hydrogen-bond acceptors (Lipinski definition) is 5. The molecule has 6 heteroatoms. The van der Waals surface area contributed by atoms with Crippen molar-refractivity contribution in [2.45, 2.75) is 32.4 Å². The molecule has 2 rings (SSSR count). The standard InChI is InChI=1S/C15H20N4O2/c1-15(2,3)19-10-12(9-17-19)18-13(14(20)21-4)11-6-5-7-16-8-11/h5-10,13,18H,1-4H3/t13-/m0/s1. The fraction of sp³-hybridized carbons (Fsp3) is 0.400. The Kier molecular flexibility index (Phi) is 4.26. The number of carbonyl (C=O) groups excluding carboxylic acids is 1. The highest BCUT2D eigenvalue weighted by atomic mass is 16.5. The Hall–Kier alpha value is -2.37. The molecule has 0 aliphatic rings. The number of nitrogens with zero attached hydrogens (tertiary/aromatic N) is 3. The Labute approximate surface area is 124 Å². The maximum absolute atomic E-state index is 12.0. The SMILES string of the molecule is COC(=O)[C@@H](Nc1cnn(C(C)(C)C)c1)c1cccnc1. The van der Waals surface area contributed by atoms with Gasteiger partial charge < -0.3 is 10.1 Å². The first-order chi connectivity index (χ1) is 9.91. The minimum atomic E-state index is -0.610. The van der Waals surface area contributed by atoms with E-state index in [0.29, 0.717) is 0 Å². The van der Waals surface area contributed by atoms with E-state index in [1.165, 1.54) is 7.11 Å². The van der Waals surface area contributed by atoms with Crippen LogP contribution in [0.25, 0.3) is 0 Å². The molecule has 2 heterocycles. The van der Waals surface area contributed by atoms with Crippen molar-refractivity contribution in [3.8, 4) is 0 Å². The molecular weight excluding hydrogens is 268 g/mol. The van der Waals surface area contributed by atoms with Gasteiger partial charge in [0.25, 0.3) is 0 Å². The van der Waals surface area contributed by atoms with Crippen molar-refractivity contribution >= 4 is 11.7 Å². The number of pyridine rings is 1. The van der Waals surface area contributed by atoms with Crippen LogP contribution in [-0.4, -0.2) is 27.8 Å². The van der Waals surface area contributed by atoms with Crippen molar-refractivity contribution in [2.75, 3.05) is 12.4 Å². The summed E-state index contributed by atoms with van der Waals surface area (Å²) in [6, 6.07) is 3.00. The summed E-state index contributed by atoms with van der Waals surface area (Å²) in [5.74, 6) is -0.369. The van der Waals surface area contributed by atoms with Gasteiger partial charge in [-0.3, -0.25) is 9.67 Å². The zero-order valence-electron chi connectivity index (χ0n) is 12.7. The molecule has 21 heavy (non-hydrogen) atoms. The van der Waals surface area contributed by atoms with Gasteiger partial charge in [0.1, 0.15) is 0 Å². The summed E-state index contributed by atoms with van der Waals surface area (Å²) >= 11 is 0. The summed E-state index contributed by atoms with van der Waals surface area (Å²) in [6.45, 7) is 6.17. The number of hydrogen-bond donors (Lipinski definition) is 1. The van der Waals surface area contributed by atoms with Crippen LogP contribution in [-0.2, 0) is 15.1 Å². The molecule has 0 bridgehead atoms. The first kappa shape index (κ1) is 15.0. The summed E-state index contributed by atoms with van der Waals surface area (Å²) in [6.07, 6.45) is 6.86. The predicted octanol–water partition coefficient (Wildman–Crippen LogP) is 2.36. The van der Waals surface area contributed by atoms with Crippen molar-refractivity contribution in [3.05, 3.63) is 42.5 Å². The van der Waals surface area contributed by atoms with E-state index >= 15 is 0 Å². The van der Waals surface area contributed by atoms with E-state index in [0.717, 1.165) is 11.3 Å². The molecular formula is C15H20N4O2. The maximum Gasteiger partial charge on any atom is 0.333 e. The van der Waals surface area contributed by atoms with Crippen molar-refractivity contribution in [2.24, 2.45) is 0 Å². The van der Waals surface area contributed by atoms with E-state index in [-0.39, 0.29) is 11.5 Å². The second kappa shape index (κ2) is 5.95. The summed E-state index contributed by atoms with van der Waals surface area (Å²) in [7, 11) is 1.37. The van der Waals surface area contributed by atoms with E-state index in [1.807, 2.05) is 16.9 Å². The van der Waals surface area contributed by atoms with E-state index in [9.17, 15) is 4.79 Å². The molecule has 0 aromatic carbocycles. The summed E-state index contributed by atoms with van der Waals surface area (Å²) in [4.78, 5) is 16.0. The van der Waals surface area contributed by atoms with Crippen LogP contribution < -0.4 is 5.32 Å². The largest absolute Gasteiger partial charge is 0.467 e. The highest BCUT2D eigenvalue weighted by Gasteiger charge is 2.23. The van der Waals surface area contributed by atoms with Gasteiger partial charge in [-0.15, -0.1) is 0 Å². The van der Waals surface area contributed by atoms with Crippen LogP contribution in [0.1, 0.15) is 32.4 Å². The Morgan fingerprint density at radius 1 is 1.38 bits per heavy atom. The lowest BCUT2D eigenvalue weighted by Gasteiger charge is -2.19. The monoisotopic (exact) mass is 288 g/mol. The molecule has 0 aliphatic carbocycles. The van der Waals surface area contributed by atoms with E-state index in [2.05, 4.69) is 36.2 Å². The molecule has 0 saturated carbocycles. The van der Waals surface area contributed by atoms with Crippen molar-refractivity contribution < 1.29 is 9.53 Å². The smallest absolute Gasteiger partial charge is 0.333 e. The average Bonchev–Trinajstić information content (AvgIpc) is 2.93. The van der Waals surface area contributed by atoms with Gasteiger partial charge in [-0.1, -0.05) is 6.07 Å². The molecule has 0 aliphatic heterocycles. The molecule has 2 aromatic heterocycles. The third kappa shape index (κ3) is 3.59. The Balaban J connectivity index is 2.24. The molecule has 0 amide bonds. The molecule has 0 radical (unpaired) electrons. The molecule has 0 unspecified atom stereocenters. The molecule has 0 saturated heterocycles. The van der Waals surface area contributed by atoms with Crippen LogP contribution in [0.15, 0.2) is 36.9 Å². The lowest BCUT2D eigenvalue weighted by Crippen LogP contribution is -2.23. The highest BCUT2D eigenvalue weighted by molar-refractivity contribution is 5.80. The lowest BCUT2D eigenvalue weighted by molar-refractivity contribution is -0.141. The second-order valence-electron chi connectivity index (χ2n) is 5.73. The van der Waals surface area contributed by atoms with Crippen molar-refractivity contribution in [3.63, 3.8) is 0 Å². The number of aromatic nitrogens is 3. The van der Waals surface area contributed by atoms with Gasteiger partial charge >= 0.3 is 5.97 Å². The van der Waals surface area contributed by atoms with Gasteiger partial charge in [0.05, 0.1) is 24.5 Å². The maximum atomic E-state index is 12.0. The summed E-state index contributed by atoms with van der Waals surface area (Å²) in [5.41, 5.74) is 1.38. The van der Waals surface area contributed by atoms with Gasteiger partial charge in [0, 0.05) is 24.2 Å². The lowest BCUT2D eigenvalue weighted by atomic mass is 10.1. The van der Waals surface area contributed by atoms with Crippen LogP contribution in [0.5, 0.6) is 0 Å². The van der Waals surface area contributed by atoms with Crippen LogP contribution in [0.2, 0.25) is 0 Å². The summed E-state index contributed by atoms with van der Waals surface area (Å²) in [5, 5.41) is 7.45. The third-order valence-corrected chi connectivity index (χ3v) is 3.04. The molecule has 6 nitrogen and oxygen atoms in total. The van der Waals surface area contributed by atoms with Crippen LogP contribution in [0, 0.1) is 0 Å². The Morgan fingerprint density at radius 3 is 2.67 bits per heavy atom. The Morgan fingerprint density at radius 2 is 2.14 bits per heavy atom. The zero-order chi connectivity index (χ0) is 15.5. The fourth-order valence-electron chi connectivity index (χ4n) is 1.87. The molecule has 0 fully saturated rings. The quantitative estimate of drug-likeness (QED) is 0.875. The minimum absolute atomic E-state index is 0.116. The van der Waals surface area contributed by atoms with Crippen LogP contribution >= 0.6 is 0 Å². The molecule has 1 N–H and O–H groups in total. The number of anilines is 1. The molecule has 0 spiro atoms. The van der Waals surface area contributed by atoms with E-state index in [1.54, 1.807) is 24.7 Å². The van der Waals surface area contributed by atoms with Gasteiger partial charge in [-0.2, -0.15) is 5.10 Å². The Bertz CT molecular complexity index is 602. The topological polar surface area (TPSA) is 69.0 Å². The first-order valence-electron chi connectivity index (χ1n) is 6.71. The minimum Gasteiger partial charge on any atom is -0.467 e. The van der Waals surface area contributed by atoms with Crippen molar-refractivity contribution in [1.29, 1.82) is 0 Å². The highest BCUT2D eigenvalue weighted by Crippen LogP contribution is 2.22. The van der Waals surface area contributed by atoms with Gasteiger partial charge in [0.15, 0.2) is 6.04 Å². The first-order valence-corrected chi connectivity index (χ1v) is 6.71. The normalized spacial score (nSPS) is 12.8. The zero-order valence-corrected chi connectivity index (χ0v) is 12.7. The molecule has 1 atom stereocenters. The van der Waals surface area contributed by atoms with E-state index < -0.39 is 6.04 Å². The van der Waals surface area contributed by atoms with E-state index in [4.69, 9.17) is 4.74 Å². The summed E-state index contributed by atoms with van der Waals surface area (Å²) < 4.78 is 6.70. The average molecular weight is 288 g/mol. The number of ether oxygens (including phenoxy) is 1. The molecule has 2 aromatic rings.